The number of hydrogen-bond acceptors (Lipinski definition) is 3. The molecule has 0 fully saturated rings. The number of amides is 1. The minimum absolute atomic E-state index is 0.207. The van der Waals surface area contributed by atoms with Gasteiger partial charge in [0.05, 0.1) is 25.0 Å². The maximum absolute atomic E-state index is 12.3. The van der Waals surface area contributed by atoms with E-state index in [2.05, 4.69) is 15.5 Å². The second kappa shape index (κ2) is 8.26. The van der Waals surface area contributed by atoms with E-state index < -0.39 is 0 Å². The summed E-state index contributed by atoms with van der Waals surface area (Å²) in [7, 11) is 0. The number of hydrogen-bond donors (Lipinski definition) is 1. The number of rotatable bonds is 6. The topological polar surface area (TPSA) is 59.8 Å². The van der Waals surface area contributed by atoms with E-state index in [1.807, 2.05) is 48.5 Å². The number of benzene rings is 2. The van der Waals surface area contributed by atoms with Gasteiger partial charge in [-0.15, -0.1) is 0 Å². The van der Waals surface area contributed by atoms with Crippen LogP contribution in [-0.4, -0.2) is 20.9 Å². The fourth-order valence-corrected chi connectivity index (χ4v) is 2.61. The zero-order valence-electron chi connectivity index (χ0n) is 13.4. The van der Waals surface area contributed by atoms with Crippen molar-refractivity contribution in [2.24, 2.45) is 0 Å². The van der Waals surface area contributed by atoms with E-state index in [1.54, 1.807) is 29.3 Å². The van der Waals surface area contributed by atoms with Gasteiger partial charge < -0.3 is 5.32 Å². The second-order valence-electron chi connectivity index (χ2n) is 5.41. The molecule has 126 valence electrons. The van der Waals surface area contributed by atoms with E-state index in [0.29, 0.717) is 11.6 Å². The van der Waals surface area contributed by atoms with Crippen molar-refractivity contribution in [1.82, 2.24) is 20.3 Å². The normalized spacial score (nSPS) is 12.2. The molecule has 0 saturated heterocycles. The lowest BCUT2D eigenvalue weighted by molar-refractivity contribution is -0.117. The molecule has 0 aliphatic heterocycles. The predicted molar refractivity (Wildman–Crippen MR) is 97.8 cm³/mol. The van der Waals surface area contributed by atoms with E-state index in [-0.39, 0.29) is 11.9 Å². The van der Waals surface area contributed by atoms with Crippen LogP contribution < -0.4 is 5.32 Å². The Labute approximate surface area is 150 Å². The Bertz CT molecular complexity index is 847. The molecule has 0 aliphatic rings. The van der Waals surface area contributed by atoms with E-state index in [4.69, 9.17) is 11.6 Å². The van der Waals surface area contributed by atoms with Crippen LogP contribution in [0.5, 0.6) is 0 Å². The lowest BCUT2D eigenvalue weighted by atomic mass is 10.1. The second-order valence-corrected chi connectivity index (χ2v) is 5.82. The zero-order valence-corrected chi connectivity index (χ0v) is 14.2. The molecule has 0 bridgehead atoms. The molecule has 3 aromatic rings. The van der Waals surface area contributed by atoms with Crippen LogP contribution in [0.2, 0.25) is 5.02 Å². The van der Waals surface area contributed by atoms with Gasteiger partial charge >= 0.3 is 0 Å². The third-order valence-electron chi connectivity index (χ3n) is 3.65. The molecule has 0 aliphatic carbocycles. The van der Waals surface area contributed by atoms with Gasteiger partial charge in [0.15, 0.2) is 0 Å². The highest BCUT2D eigenvalue weighted by Crippen LogP contribution is 2.17. The lowest BCUT2D eigenvalue weighted by Gasteiger charge is -2.17. The number of nitrogens with zero attached hydrogens (tertiary/aromatic N) is 3. The molecule has 6 heteroatoms. The van der Waals surface area contributed by atoms with Crippen LogP contribution in [0.15, 0.2) is 73.1 Å². The van der Waals surface area contributed by atoms with E-state index in [9.17, 15) is 4.79 Å². The third-order valence-corrected chi connectivity index (χ3v) is 3.99. The number of halogens is 1. The molecule has 1 unspecified atom stereocenters. The number of aromatic nitrogens is 3. The summed E-state index contributed by atoms with van der Waals surface area (Å²) in [6.07, 6.45) is 6.40. The molecule has 2 aromatic carbocycles. The molecule has 3 rings (SSSR count). The monoisotopic (exact) mass is 352 g/mol. The molecule has 1 N–H and O–H groups in total. The summed E-state index contributed by atoms with van der Waals surface area (Å²) >= 11 is 6.10. The molecular weight excluding hydrogens is 336 g/mol. The van der Waals surface area contributed by atoms with Crippen LogP contribution >= 0.6 is 11.6 Å². The van der Waals surface area contributed by atoms with Crippen LogP contribution in [0.4, 0.5) is 0 Å². The van der Waals surface area contributed by atoms with Crippen molar-refractivity contribution < 1.29 is 4.79 Å². The maximum Gasteiger partial charge on any atom is 0.244 e. The molecule has 0 saturated carbocycles. The van der Waals surface area contributed by atoms with Crippen LogP contribution in [0, 0.1) is 0 Å². The highest BCUT2D eigenvalue weighted by Gasteiger charge is 2.14. The van der Waals surface area contributed by atoms with Gasteiger partial charge in [-0.2, -0.15) is 15.0 Å². The quantitative estimate of drug-likeness (QED) is 0.691. The summed E-state index contributed by atoms with van der Waals surface area (Å²) in [6, 6.07) is 16.9. The zero-order chi connectivity index (χ0) is 17.5. The van der Waals surface area contributed by atoms with Gasteiger partial charge in [-0.1, -0.05) is 60.1 Å². The summed E-state index contributed by atoms with van der Waals surface area (Å²) in [4.78, 5) is 13.9. The number of carbonyl (C=O) groups is 1. The molecule has 1 heterocycles. The summed E-state index contributed by atoms with van der Waals surface area (Å²) in [6.45, 7) is 0.447. The molecule has 0 spiro atoms. The highest BCUT2D eigenvalue weighted by atomic mass is 35.5. The SMILES string of the molecule is O=C(/C=C/c1ccccc1Cl)NC(Cn1nccn1)c1ccccc1. The molecule has 5 nitrogen and oxygen atoms in total. The van der Waals surface area contributed by atoms with Crippen molar-refractivity contribution in [2.45, 2.75) is 12.6 Å². The summed E-state index contributed by atoms with van der Waals surface area (Å²) in [5.74, 6) is -0.207. The van der Waals surface area contributed by atoms with Crippen molar-refractivity contribution >= 4 is 23.6 Å². The first-order chi connectivity index (χ1) is 12.2. The minimum Gasteiger partial charge on any atom is -0.344 e. The Morgan fingerprint density at radius 1 is 1.08 bits per heavy atom. The Kier molecular flexibility index (Phi) is 5.59. The van der Waals surface area contributed by atoms with E-state index >= 15 is 0 Å². The van der Waals surface area contributed by atoms with Gasteiger partial charge in [-0.05, 0) is 23.3 Å². The molecular formula is C19H17ClN4O. The van der Waals surface area contributed by atoms with E-state index in [1.165, 1.54) is 6.08 Å². The Balaban J connectivity index is 1.73. The number of carbonyl (C=O) groups excluding carboxylic acids is 1. The minimum atomic E-state index is -0.239. The van der Waals surface area contributed by atoms with Crippen LogP contribution in [-0.2, 0) is 11.3 Å². The largest absolute Gasteiger partial charge is 0.344 e. The average Bonchev–Trinajstić information content (AvgIpc) is 3.14. The molecule has 1 aromatic heterocycles. The van der Waals surface area contributed by atoms with Gasteiger partial charge in [-0.25, -0.2) is 0 Å². The van der Waals surface area contributed by atoms with Crippen LogP contribution in [0.25, 0.3) is 6.08 Å². The Morgan fingerprint density at radius 3 is 2.48 bits per heavy atom. The van der Waals surface area contributed by atoms with Crippen molar-refractivity contribution in [3.63, 3.8) is 0 Å². The van der Waals surface area contributed by atoms with E-state index in [0.717, 1.165) is 11.1 Å². The number of nitrogens with one attached hydrogen (secondary N) is 1. The first-order valence-corrected chi connectivity index (χ1v) is 8.22. The Morgan fingerprint density at radius 2 is 1.76 bits per heavy atom. The highest BCUT2D eigenvalue weighted by molar-refractivity contribution is 6.32. The molecule has 25 heavy (non-hydrogen) atoms. The maximum atomic E-state index is 12.3. The first kappa shape index (κ1) is 16.9. The molecule has 1 amide bonds. The van der Waals surface area contributed by atoms with Gasteiger partial charge in [0, 0.05) is 11.1 Å². The predicted octanol–water partition coefficient (Wildman–Crippen LogP) is 3.50. The van der Waals surface area contributed by atoms with Crippen LogP contribution in [0.3, 0.4) is 0 Å². The molecule has 0 radical (unpaired) electrons. The van der Waals surface area contributed by atoms with Gasteiger partial charge in [0.2, 0.25) is 5.91 Å². The summed E-state index contributed by atoms with van der Waals surface area (Å²) < 4.78 is 0. The average molecular weight is 353 g/mol. The van der Waals surface area contributed by atoms with Crippen molar-refractivity contribution in [1.29, 1.82) is 0 Å². The third kappa shape index (κ3) is 4.78. The fourth-order valence-electron chi connectivity index (χ4n) is 2.42. The van der Waals surface area contributed by atoms with Gasteiger partial charge in [0.25, 0.3) is 0 Å². The van der Waals surface area contributed by atoms with Crippen LogP contribution in [0.1, 0.15) is 17.2 Å². The van der Waals surface area contributed by atoms with Gasteiger partial charge in [-0.3, -0.25) is 4.79 Å². The lowest BCUT2D eigenvalue weighted by Crippen LogP contribution is -2.30. The van der Waals surface area contributed by atoms with Crippen molar-refractivity contribution in [2.75, 3.05) is 0 Å². The smallest absolute Gasteiger partial charge is 0.244 e. The molecule has 1 atom stereocenters. The van der Waals surface area contributed by atoms with Crippen molar-refractivity contribution in [3.05, 3.63) is 89.2 Å². The summed E-state index contributed by atoms with van der Waals surface area (Å²) in [5.41, 5.74) is 1.78. The Hall–Kier alpha value is -2.92. The standard InChI is InChI=1S/C19H17ClN4O/c20-17-9-5-4-6-15(17)10-11-19(25)23-18(14-24-21-12-13-22-24)16-7-2-1-3-8-16/h1-13,18H,14H2,(H,23,25)/b11-10+. The van der Waals surface area contributed by atoms with Gasteiger partial charge in [0.1, 0.15) is 0 Å². The summed E-state index contributed by atoms with van der Waals surface area (Å²) in [5, 5.41) is 11.8. The fraction of sp³-hybridized carbons (Fsp3) is 0.105. The van der Waals surface area contributed by atoms with Crippen molar-refractivity contribution in [3.8, 4) is 0 Å². The first-order valence-electron chi connectivity index (χ1n) is 7.84.